The number of quaternary nitrogens is 1. The molecule has 0 saturated heterocycles. The Hall–Kier alpha value is -0.580. The van der Waals surface area contributed by atoms with Crippen LogP contribution in [0.1, 0.15) is 40.0 Å². The zero-order valence-electron chi connectivity index (χ0n) is 13.3. The second kappa shape index (κ2) is 17.4. The van der Waals surface area contributed by atoms with Gasteiger partial charge in [-0.25, -0.2) is 9.90 Å². The second-order valence-electron chi connectivity index (χ2n) is 5.10. The van der Waals surface area contributed by atoms with E-state index in [1.807, 2.05) is 0 Å². The third-order valence-electron chi connectivity index (χ3n) is 2.06. The number of carbonyl (C=O) groups is 1. The third kappa shape index (κ3) is 46.7. The molecule has 0 rings (SSSR count). The fourth-order valence-electron chi connectivity index (χ4n) is 0.352. The van der Waals surface area contributed by atoms with Gasteiger partial charge in [-0.15, -0.1) is 0 Å². The molecular formula is C14H31ClNO3. The van der Waals surface area contributed by atoms with E-state index in [1.54, 1.807) is 0 Å². The molecule has 0 atom stereocenters. The van der Waals surface area contributed by atoms with E-state index in [0.29, 0.717) is 0 Å². The van der Waals surface area contributed by atoms with E-state index in [1.165, 1.54) is 13.5 Å². The summed E-state index contributed by atoms with van der Waals surface area (Å²) in [5, 5.41) is 17.6. The Labute approximate surface area is 125 Å². The van der Waals surface area contributed by atoms with Gasteiger partial charge in [0, 0.05) is 5.57 Å². The van der Waals surface area contributed by atoms with Crippen LogP contribution in [0.4, 0.5) is 0 Å². The van der Waals surface area contributed by atoms with E-state index < -0.39 is 5.97 Å². The van der Waals surface area contributed by atoms with Gasteiger partial charge < -0.3 is 22.0 Å². The van der Waals surface area contributed by atoms with Crippen LogP contribution in [-0.2, 0) is 9.90 Å². The van der Waals surface area contributed by atoms with E-state index in [4.69, 9.17) is 5.11 Å². The summed E-state index contributed by atoms with van der Waals surface area (Å²) in [5.74, 6) is -0.935. The van der Waals surface area contributed by atoms with Crippen molar-refractivity contribution in [2.45, 2.75) is 40.0 Å². The van der Waals surface area contributed by atoms with Gasteiger partial charge in [0.25, 0.3) is 0 Å². The summed E-state index contributed by atoms with van der Waals surface area (Å²) in [5.41, 5.74) is 0.176. The monoisotopic (exact) mass is 296 g/mol. The molecule has 0 unspecified atom stereocenters. The number of carboxylic acids is 1. The van der Waals surface area contributed by atoms with Crippen molar-refractivity contribution in [1.82, 2.24) is 0 Å². The Balaban J connectivity index is -0.0000000865. The molecule has 19 heavy (non-hydrogen) atoms. The molecule has 0 aromatic rings. The predicted molar refractivity (Wildman–Crippen MR) is 76.1 cm³/mol. The maximum absolute atomic E-state index is 9.69. The number of nitrogens with zero attached hydrogens (tertiary/aromatic N) is 1. The summed E-state index contributed by atoms with van der Waals surface area (Å²) in [6, 6.07) is 0. The van der Waals surface area contributed by atoms with E-state index in [9.17, 15) is 9.90 Å². The zero-order valence-corrected chi connectivity index (χ0v) is 14.1. The Bertz CT molecular complexity index is 197. The molecule has 0 amide bonds. The smallest absolute Gasteiger partial charge is 0.330 e. The Kier molecular flexibility index (Phi) is 24.6. The number of carboxylic acid groups (broad SMARTS) is 1. The Morgan fingerprint density at radius 1 is 1.16 bits per heavy atom. The topological polar surface area (TPSA) is 57.2 Å². The predicted octanol–water partition coefficient (Wildman–Crippen LogP) is -0.0293. The van der Waals surface area contributed by atoms with Crippen LogP contribution >= 0.6 is 0 Å². The molecule has 4 nitrogen and oxygen atoms in total. The van der Waals surface area contributed by atoms with Gasteiger partial charge in [0.1, 0.15) is 0 Å². The van der Waals surface area contributed by atoms with Crippen LogP contribution < -0.4 is 12.4 Å². The molecule has 0 aliphatic carbocycles. The minimum Gasteiger partial charge on any atom is -1.00 e. The lowest BCUT2D eigenvalue weighted by molar-refractivity contribution is -0.868. The Morgan fingerprint density at radius 2 is 1.47 bits per heavy atom. The Morgan fingerprint density at radius 3 is 1.53 bits per heavy atom. The molecular weight excluding hydrogens is 266 g/mol. The molecule has 5 heteroatoms. The van der Waals surface area contributed by atoms with Gasteiger partial charge in [-0.3, -0.25) is 0 Å². The van der Waals surface area contributed by atoms with Crippen molar-refractivity contribution in [3.05, 3.63) is 12.2 Å². The lowest BCUT2D eigenvalue weighted by atomic mass is 10.3. The maximum atomic E-state index is 9.69. The first-order valence-electron chi connectivity index (χ1n) is 6.39. The molecule has 0 aliphatic rings. The highest BCUT2D eigenvalue weighted by Gasteiger charge is 1.97. The molecule has 0 fully saturated rings. The summed E-state index contributed by atoms with van der Waals surface area (Å²) >= 11 is 0. The molecule has 117 valence electrons. The molecule has 0 heterocycles. The molecule has 0 aliphatic heterocycles. The summed E-state index contributed by atoms with van der Waals surface area (Å²) in [7, 11) is 6.54. The van der Waals surface area contributed by atoms with Crippen LogP contribution in [0.25, 0.3) is 0 Å². The summed E-state index contributed by atoms with van der Waals surface area (Å²) in [4.78, 5) is 9.60. The van der Waals surface area contributed by atoms with Crippen molar-refractivity contribution in [3.8, 4) is 0 Å². The highest BCUT2D eigenvalue weighted by atomic mass is 35.5. The van der Waals surface area contributed by atoms with Gasteiger partial charge in [-0.1, -0.05) is 26.3 Å². The fraction of sp³-hybridized carbons (Fsp3) is 0.786. The number of halogens is 1. The first-order valence-corrected chi connectivity index (χ1v) is 6.39. The van der Waals surface area contributed by atoms with Crippen molar-refractivity contribution in [2.75, 3.05) is 34.3 Å². The second-order valence-corrected chi connectivity index (χ2v) is 5.10. The summed E-state index contributed by atoms with van der Waals surface area (Å²) in [6.45, 7) is 10.2. The number of aliphatic carboxylic acids is 1. The van der Waals surface area contributed by atoms with Gasteiger partial charge in [0.05, 0.1) is 34.3 Å². The van der Waals surface area contributed by atoms with E-state index in [-0.39, 0.29) is 24.6 Å². The highest BCUT2D eigenvalue weighted by molar-refractivity contribution is 5.84. The number of hydrogen-bond acceptors (Lipinski definition) is 1. The maximum Gasteiger partial charge on any atom is 0.330 e. The lowest BCUT2D eigenvalue weighted by Gasteiger charge is -2.20. The van der Waals surface area contributed by atoms with Crippen LogP contribution in [0.2, 0.25) is 0 Å². The van der Waals surface area contributed by atoms with E-state index in [0.717, 1.165) is 23.7 Å². The molecule has 0 aromatic carbocycles. The SMILES string of the molecule is C=C(C)C(=O)O.CCCCC[O].CC[N+](C)(C)C.[Cl-]. The lowest BCUT2D eigenvalue weighted by Crippen LogP contribution is -3.00. The average molecular weight is 297 g/mol. The van der Waals surface area contributed by atoms with Gasteiger partial charge in [0.15, 0.2) is 0 Å². The van der Waals surface area contributed by atoms with Crippen molar-refractivity contribution in [3.63, 3.8) is 0 Å². The first kappa shape index (κ1) is 26.9. The van der Waals surface area contributed by atoms with Gasteiger partial charge in [-0.05, 0) is 20.3 Å². The van der Waals surface area contributed by atoms with Crippen LogP contribution in [0.3, 0.4) is 0 Å². The van der Waals surface area contributed by atoms with Crippen LogP contribution in [0.5, 0.6) is 0 Å². The molecule has 0 saturated carbocycles. The van der Waals surface area contributed by atoms with Crippen molar-refractivity contribution in [2.24, 2.45) is 0 Å². The van der Waals surface area contributed by atoms with E-state index >= 15 is 0 Å². The quantitative estimate of drug-likeness (QED) is 0.440. The van der Waals surface area contributed by atoms with E-state index in [2.05, 4.69) is 41.6 Å². The molecule has 0 bridgehead atoms. The first-order chi connectivity index (χ1) is 8.12. The van der Waals surface area contributed by atoms with Gasteiger partial charge in [0.2, 0.25) is 0 Å². The van der Waals surface area contributed by atoms with Crippen LogP contribution in [-0.4, -0.2) is 49.9 Å². The molecule has 1 N–H and O–H groups in total. The fourth-order valence-corrected chi connectivity index (χ4v) is 0.352. The zero-order chi connectivity index (χ0) is 15.2. The number of unbranched alkanes of at least 4 members (excludes halogenated alkanes) is 2. The summed E-state index contributed by atoms with van der Waals surface area (Å²) < 4.78 is 1.07. The average Bonchev–Trinajstić information content (AvgIpc) is 2.27. The van der Waals surface area contributed by atoms with Gasteiger partial charge >= 0.3 is 5.97 Å². The third-order valence-corrected chi connectivity index (χ3v) is 2.06. The summed E-state index contributed by atoms with van der Waals surface area (Å²) in [6.07, 6.45) is 3.11. The standard InChI is InChI=1S/C5H14N.C5H11O.C4H6O2.ClH/c1-5-6(2,3)4;1-2-3-4-5-6;1-3(2)4(5)6;/h5H2,1-4H3;2-5H2,1H3;1H2,2H3,(H,5,6);1H/q+1;;;/p-1. The van der Waals surface area contributed by atoms with Crippen LogP contribution in [0.15, 0.2) is 12.2 Å². The largest absolute Gasteiger partial charge is 1.00 e. The van der Waals surface area contributed by atoms with Crippen molar-refractivity contribution < 1.29 is 31.9 Å². The van der Waals surface area contributed by atoms with Gasteiger partial charge in [-0.2, -0.15) is 0 Å². The number of hydrogen-bond donors (Lipinski definition) is 1. The van der Waals surface area contributed by atoms with Crippen LogP contribution in [0, 0.1) is 0 Å². The normalized spacial score (nSPS) is 9.00. The minimum atomic E-state index is -0.935. The molecule has 1 radical (unpaired) electrons. The highest BCUT2D eigenvalue weighted by Crippen LogP contribution is 1.89. The molecule has 0 spiro atoms. The van der Waals surface area contributed by atoms with Crippen molar-refractivity contribution in [1.29, 1.82) is 0 Å². The number of rotatable bonds is 5. The van der Waals surface area contributed by atoms with Crippen molar-refractivity contribution >= 4 is 5.97 Å². The molecule has 0 aromatic heterocycles. The minimum absolute atomic E-state index is 0.